The molecule has 24 heavy (non-hydrogen) atoms. The highest BCUT2D eigenvalue weighted by atomic mass is 16.5. The van der Waals surface area contributed by atoms with Gasteiger partial charge in [-0.05, 0) is 13.0 Å². The van der Waals surface area contributed by atoms with E-state index in [0.717, 1.165) is 43.7 Å². The van der Waals surface area contributed by atoms with Crippen LogP contribution in [0.15, 0.2) is 36.7 Å². The van der Waals surface area contributed by atoms with Crippen molar-refractivity contribution in [2.24, 2.45) is 0 Å². The van der Waals surface area contributed by atoms with E-state index in [4.69, 9.17) is 9.47 Å². The Bertz CT molecular complexity index is 703. The van der Waals surface area contributed by atoms with Gasteiger partial charge in [0.05, 0.1) is 19.8 Å². The standard InChI is InChI=1S/C18H22N4O2/c1-13(15-11-24-16-5-3-2-4-14(15)16)21-17-10-18(20-12-19-17)22-6-8-23-9-7-22/h2-5,10,12-13,15H,6-9,11H2,1H3,(H,19,20,21)/t13-,15-/m0/s1. The summed E-state index contributed by atoms with van der Waals surface area (Å²) in [5, 5.41) is 3.52. The number of nitrogens with one attached hydrogen (secondary N) is 1. The van der Waals surface area contributed by atoms with Crippen molar-refractivity contribution in [2.45, 2.75) is 18.9 Å². The molecular weight excluding hydrogens is 304 g/mol. The molecule has 2 aliphatic heterocycles. The zero-order chi connectivity index (χ0) is 16.4. The third kappa shape index (κ3) is 3.01. The first-order valence-electron chi connectivity index (χ1n) is 8.44. The van der Waals surface area contributed by atoms with Crippen LogP contribution in [0.2, 0.25) is 0 Å². The van der Waals surface area contributed by atoms with E-state index in [2.05, 4.69) is 39.2 Å². The molecule has 1 fully saturated rings. The minimum Gasteiger partial charge on any atom is -0.493 e. The van der Waals surface area contributed by atoms with Crippen LogP contribution in [0.4, 0.5) is 11.6 Å². The molecule has 0 radical (unpaired) electrons. The summed E-state index contributed by atoms with van der Waals surface area (Å²) in [5.74, 6) is 3.12. The van der Waals surface area contributed by atoms with Crippen molar-refractivity contribution in [3.05, 3.63) is 42.2 Å². The highest BCUT2D eigenvalue weighted by molar-refractivity contribution is 5.50. The summed E-state index contributed by atoms with van der Waals surface area (Å²) >= 11 is 0. The molecule has 4 rings (SSSR count). The molecule has 2 aromatic rings. The van der Waals surface area contributed by atoms with E-state index in [1.807, 2.05) is 18.2 Å². The van der Waals surface area contributed by atoms with E-state index in [-0.39, 0.29) is 6.04 Å². The first-order chi connectivity index (χ1) is 11.8. The summed E-state index contributed by atoms with van der Waals surface area (Å²) in [5.41, 5.74) is 1.26. The molecule has 1 aromatic heterocycles. The number of fused-ring (bicyclic) bond motifs is 1. The fourth-order valence-electron chi connectivity index (χ4n) is 3.33. The fourth-order valence-corrected chi connectivity index (χ4v) is 3.33. The number of para-hydroxylation sites is 1. The molecule has 0 spiro atoms. The van der Waals surface area contributed by atoms with Crippen molar-refractivity contribution in [1.82, 2.24) is 9.97 Å². The van der Waals surface area contributed by atoms with Crippen LogP contribution in [0.1, 0.15) is 18.4 Å². The number of hydrogen-bond acceptors (Lipinski definition) is 6. The van der Waals surface area contributed by atoms with E-state index in [1.165, 1.54) is 5.56 Å². The number of ether oxygens (including phenoxy) is 2. The van der Waals surface area contributed by atoms with Crippen LogP contribution in [0, 0.1) is 0 Å². The van der Waals surface area contributed by atoms with Gasteiger partial charge in [0.2, 0.25) is 0 Å². The minimum absolute atomic E-state index is 0.223. The Hall–Kier alpha value is -2.34. The zero-order valence-electron chi connectivity index (χ0n) is 13.8. The van der Waals surface area contributed by atoms with E-state index >= 15 is 0 Å². The van der Waals surface area contributed by atoms with Gasteiger partial charge in [-0.15, -0.1) is 0 Å². The lowest BCUT2D eigenvalue weighted by atomic mass is 9.94. The van der Waals surface area contributed by atoms with Crippen molar-refractivity contribution in [2.75, 3.05) is 43.1 Å². The molecule has 126 valence electrons. The van der Waals surface area contributed by atoms with Gasteiger partial charge in [-0.1, -0.05) is 18.2 Å². The molecule has 1 aromatic carbocycles. The monoisotopic (exact) mass is 326 g/mol. The second-order valence-electron chi connectivity index (χ2n) is 6.25. The highest BCUT2D eigenvalue weighted by Gasteiger charge is 2.28. The predicted octanol–water partition coefficient (Wildman–Crippen LogP) is 2.29. The molecule has 0 bridgehead atoms. The lowest BCUT2D eigenvalue weighted by Gasteiger charge is -2.28. The molecule has 0 unspecified atom stereocenters. The number of rotatable bonds is 4. The molecule has 1 N–H and O–H groups in total. The van der Waals surface area contributed by atoms with E-state index in [9.17, 15) is 0 Å². The van der Waals surface area contributed by atoms with Crippen LogP contribution in [-0.4, -0.2) is 48.9 Å². The lowest BCUT2D eigenvalue weighted by Crippen LogP contribution is -2.36. The van der Waals surface area contributed by atoms with Gasteiger partial charge >= 0.3 is 0 Å². The van der Waals surface area contributed by atoms with Gasteiger partial charge in [-0.25, -0.2) is 9.97 Å². The first kappa shape index (κ1) is 15.2. The van der Waals surface area contributed by atoms with Gasteiger partial charge in [0, 0.05) is 36.7 Å². The topological polar surface area (TPSA) is 59.5 Å². The average Bonchev–Trinajstić information content (AvgIpc) is 3.07. The number of benzene rings is 1. The van der Waals surface area contributed by atoms with Gasteiger partial charge in [-0.2, -0.15) is 0 Å². The van der Waals surface area contributed by atoms with Crippen molar-refractivity contribution in [1.29, 1.82) is 0 Å². The molecule has 6 nitrogen and oxygen atoms in total. The second-order valence-corrected chi connectivity index (χ2v) is 6.25. The molecule has 2 aliphatic rings. The maximum atomic E-state index is 5.79. The molecule has 6 heteroatoms. The smallest absolute Gasteiger partial charge is 0.134 e. The van der Waals surface area contributed by atoms with Gasteiger partial charge in [0.15, 0.2) is 0 Å². The SMILES string of the molecule is C[C@H](Nc1cc(N2CCOCC2)ncn1)[C@@H]1COc2ccccc21. The van der Waals surface area contributed by atoms with Crippen molar-refractivity contribution in [3.63, 3.8) is 0 Å². The fraction of sp³-hybridized carbons (Fsp3) is 0.444. The largest absolute Gasteiger partial charge is 0.493 e. The number of anilines is 2. The molecule has 0 aliphatic carbocycles. The van der Waals surface area contributed by atoms with Crippen molar-refractivity contribution in [3.8, 4) is 5.75 Å². The predicted molar refractivity (Wildman–Crippen MR) is 92.8 cm³/mol. The van der Waals surface area contributed by atoms with Crippen LogP contribution in [0.5, 0.6) is 5.75 Å². The Labute approximate surface area is 141 Å². The van der Waals surface area contributed by atoms with Gasteiger partial charge < -0.3 is 19.7 Å². The third-order valence-corrected chi connectivity index (χ3v) is 4.70. The normalized spacial score (nSPS) is 21.0. The van der Waals surface area contributed by atoms with Gasteiger partial charge in [0.1, 0.15) is 23.7 Å². The van der Waals surface area contributed by atoms with E-state index in [1.54, 1.807) is 6.33 Å². The number of hydrogen-bond donors (Lipinski definition) is 1. The second kappa shape index (κ2) is 6.65. The zero-order valence-corrected chi connectivity index (χ0v) is 13.8. The molecule has 3 heterocycles. The molecule has 1 saturated heterocycles. The lowest BCUT2D eigenvalue weighted by molar-refractivity contribution is 0.122. The maximum absolute atomic E-state index is 5.79. The van der Waals surface area contributed by atoms with Gasteiger partial charge in [0.25, 0.3) is 0 Å². The summed E-state index contributed by atoms with van der Waals surface area (Å²) < 4.78 is 11.2. The van der Waals surface area contributed by atoms with Crippen LogP contribution in [-0.2, 0) is 4.74 Å². The van der Waals surface area contributed by atoms with Crippen LogP contribution in [0.3, 0.4) is 0 Å². The third-order valence-electron chi connectivity index (χ3n) is 4.70. The Balaban J connectivity index is 1.47. The first-order valence-corrected chi connectivity index (χ1v) is 8.44. The maximum Gasteiger partial charge on any atom is 0.134 e. The van der Waals surface area contributed by atoms with Crippen molar-refractivity contribution >= 4 is 11.6 Å². The summed E-state index contributed by atoms with van der Waals surface area (Å²) in [6.45, 7) is 6.12. The number of morpholine rings is 1. The number of aromatic nitrogens is 2. The van der Waals surface area contributed by atoms with Gasteiger partial charge in [-0.3, -0.25) is 0 Å². The Morgan fingerprint density at radius 1 is 1.21 bits per heavy atom. The highest BCUT2D eigenvalue weighted by Crippen LogP contribution is 2.36. The van der Waals surface area contributed by atoms with E-state index in [0.29, 0.717) is 12.5 Å². The Kier molecular flexibility index (Phi) is 4.21. The van der Waals surface area contributed by atoms with E-state index < -0.39 is 0 Å². The quantitative estimate of drug-likeness (QED) is 0.930. The summed E-state index contributed by atoms with van der Waals surface area (Å²) in [7, 11) is 0. The molecule has 0 saturated carbocycles. The van der Waals surface area contributed by atoms with Crippen molar-refractivity contribution < 1.29 is 9.47 Å². The van der Waals surface area contributed by atoms with Crippen LogP contribution in [0.25, 0.3) is 0 Å². The summed E-state index contributed by atoms with van der Waals surface area (Å²) in [6.07, 6.45) is 1.62. The Morgan fingerprint density at radius 3 is 2.92 bits per heavy atom. The average molecular weight is 326 g/mol. The summed E-state index contributed by atoms with van der Waals surface area (Å²) in [6, 6.07) is 10.5. The Morgan fingerprint density at radius 2 is 2.04 bits per heavy atom. The van der Waals surface area contributed by atoms with Crippen LogP contribution < -0.4 is 15.0 Å². The number of nitrogens with zero attached hydrogens (tertiary/aromatic N) is 3. The molecule has 2 atom stereocenters. The van der Waals surface area contributed by atoms with Crippen LogP contribution >= 0.6 is 0 Å². The molecule has 0 amide bonds. The molecular formula is C18H22N4O2. The minimum atomic E-state index is 0.223. The summed E-state index contributed by atoms with van der Waals surface area (Å²) in [4.78, 5) is 11.0.